The largest absolute Gasteiger partial charge is 0.416 e. The minimum absolute atomic E-state index is 0.0933. The third-order valence-electron chi connectivity index (χ3n) is 5.00. The maximum atomic E-state index is 12.8. The van der Waals surface area contributed by atoms with Crippen LogP contribution in [0.2, 0.25) is 0 Å². The van der Waals surface area contributed by atoms with Crippen molar-refractivity contribution in [3.63, 3.8) is 0 Å². The lowest BCUT2D eigenvalue weighted by Gasteiger charge is -2.23. The molecule has 1 saturated carbocycles. The predicted molar refractivity (Wildman–Crippen MR) is 91.9 cm³/mol. The quantitative estimate of drug-likeness (QED) is 0.666. The summed E-state index contributed by atoms with van der Waals surface area (Å²) in [5.74, 6) is -0.703. The van der Waals surface area contributed by atoms with Gasteiger partial charge in [0.1, 0.15) is 5.78 Å². The van der Waals surface area contributed by atoms with Gasteiger partial charge in [-0.05, 0) is 30.5 Å². The van der Waals surface area contributed by atoms with E-state index in [9.17, 15) is 22.8 Å². The number of alkyl halides is 3. The molecule has 0 aromatic heterocycles. The molecule has 1 fully saturated rings. The standard InChI is InChI=1S/C21H19F3O2/c22-21(23,24)16-11-9-14(10-12-16)18(17-7-4-8-19(17)25)13-20(26)15-5-2-1-3-6-15/h1-3,5-6,9-12,17-18H,4,7-8,13H2/t17?,18-/m1/s1. The van der Waals surface area contributed by atoms with Gasteiger partial charge in [-0.3, -0.25) is 9.59 Å². The first-order valence-corrected chi connectivity index (χ1v) is 8.64. The van der Waals surface area contributed by atoms with Crippen molar-refractivity contribution in [1.82, 2.24) is 0 Å². The van der Waals surface area contributed by atoms with Crippen LogP contribution in [-0.4, -0.2) is 11.6 Å². The molecule has 1 unspecified atom stereocenters. The number of hydrogen-bond donors (Lipinski definition) is 0. The van der Waals surface area contributed by atoms with Crippen LogP contribution in [0.3, 0.4) is 0 Å². The summed E-state index contributed by atoms with van der Waals surface area (Å²) in [5, 5.41) is 0. The summed E-state index contributed by atoms with van der Waals surface area (Å²) in [6, 6.07) is 13.6. The van der Waals surface area contributed by atoms with Crippen LogP contribution >= 0.6 is 0 Å². The van der Waals surface area contributed by atoms with Crippen LogP contribution in [0.25, 0.3) is 0 Å². The lowest BCUT2D eigenvalue weighted by Crippen LogP contribution is -2.20. The van der Waals surface area contributed by atoms with Gasteiger partial charge in [0.25, 0.3) is 0 Å². The lowest BCUT2D eigenvalue weighted by molar-refractivity contribution is -0.137. The second-order valence-electron chi connectivity index (χ2n) is 6.68. The Morgan fingerprint density at radius 2 is 1.69 bits per heavy atom. The van der Waals surface area contributed by atoms with E-state index >= 15 is 0 Å². The highest BCUT2D eigenvalue weighted by Gasteiger charge is 2.35. The molecule has 0 bridgehead atoms. The fourth-order valence-corrected chi connectivity index (χ4v) is 3.62. The van der Waals surface area contributed by atoms with Crippen LogP contribution in [0, 0.1) is 5.92 Å². The number of carbonyl (C=O) groups is 2. The monoisotopic (exact) mass is 360 g/mol. The maximum Gasteiger partial charge on any atom is 0.416 e. The van der Waals surface area contributed by atoms with E-state index < -0.39 is 11.7 Å². The first-order chi connectivity index (χ1) is 12.4. The average molecular weight is 360 g/mol. The zero-order valence-electron chi connectivity index (χ0n) is 14.1. The Morgan fingerprint density at radius 3 is 2.23 bits per heavy atom. The molecule has 0 amide bonds. The van der Waals surface area contributed by atoms with Gasteiger partial charge in [-0.25, -0.2) is 0 Å². The summed E-state index contributed by atoms with van der Waals surface area (Å²) in [6.07, 6.45) is -2.38. The van der Waals surface area contributed by atoms with E-state index in [0.29, 0.717) is 24.0 Å². The van der Waals surface area contributed by atoms with E-state index in [1.54, 1.807) is 24.3 Å². The second-order valence-corrected chi connectivity index (χ2v) is 6.68. The van der Waals surface area contributed by atoms with E-state index in [2.05, 4.69) is 0 Å². The van der Waals surface area contributed by atoms with Gasteiger partial charge in [0.2, 0.25) is 0 Å². The van der Waals surface area contributed by atoms with Gasteiger partial charge in [0, 0.05) is 30.2 Å². The van der Waals surface area contributed by atoms with Crippen molar-refractivity contribution < 1.29 is 22.8 Å². The molecule has 0 aliphatic heterocycles. The molecule has 0 spiro atoms. The third kappa shape index (κ3) is 4.03. The molecule has 0 heterocycles. The molecule has 2 aromatic rings. The normalized spacial score (nSPS) is 18.7. The van der Waals surface area contributed by atoms with Gasteiger partial charge >= 0.3 is 6.18 Å². The summed E-state index contributed by atoms with van der Waals surface area (Å²) < 4.78 is 38.4. The minimum atomic E-state index is -4.41. The summed E-state index contributed by atoms with van der Waals surface area (Å²) >= 11 is 0. The first kappa shape index (κ1) is 18.4. The molecule has 2 aromatic carbocycles. The number of halogens is 3. The predicted octanol–water partition coefficient (Wildman–Crippen LogP) is 5.43. The molecular weight excluding hydrogens is 341 g/mol. The van der Waals surface area contributed by atoms with Crippen LogP contribution in [-0.2, 0) is 11.0 Å². The van der Waals surface area contributed by atoms with Gasteiger partial charge in [-0.1, -0.05) is 42.5 Å². The van der Waals surface area contributed by atoms with Crippen LogP contribution < -0.4 is 0 Å². The second kappa shape index (κ2) is 7.44. The van der Waals surface area contributed by atoms with Crippen molar-refractivity contribution in [2.45, 2.75) is 37.8 Å². The van der Waals surface area contributed by atoms with Crippen molar-refractivity contribution in [3.05, 3.63) is 71.3 Å². The summed E-state index contributed by atoms with van der Waals surface area (Å²) in [7, 11) is 0. The molecule has 136 valence electrons. The van der Waals surface area contributed by atoms with Crippen LogP contribution in [0.15, 0.2) is 54.6 Å². The van der Waals surface area contributed by atoms with Crippen molar-refractivity contribution >= 4 is 11.6 Å². The van der Waals surface area contributed by atoms with Gasteiger partial charge in [0.15, 0.2) is 5.78 Å². The molecule has 0 radical (unpaired) electrons. The molecule has 2 atom stereocenters. The van der Waals surface area contributed by atoms with Crippen LogP contribution in [0.4, 0.5) is 13.2 Å². The average Bonchev–Trinajstić information content (AvgIpc) is 3.05. The lowest BCUT2D eigenvalue weighted by atomic mass is 9.80. The molecule has 26 heavy (non-hydrogen) atoms. The van der Waals surface area contributed by atoms with Crippen molar-refractivity contribution in [2.75, 3.05) is 0 Å². The van der Waals surface area contributed by atoms with Gasteiger partial charge in [-0.15, -0.1) is 0 Å². The van der Waals surface area contributed by atoms with Crippen molar-refractivity contribution in [3.8, 4) is 0 Å². The Morgan fingerprint density at radius 1 is 1.04 bits per heavy atom. The summed E-state index contributed by atoms with van der Waals surface area (Å²) in [4.78, 5) is 24.9. The molecule has 0 saturated heterocycles. The molecule has 1 aliphatic carbocycles. The number of rotatable bonds is 5. The highest BCUT2D eigenvalue weighted by atomic mass is 19.4. The van der Waals surface area contributed by atoms with Gasteiger partial charge < -0.3 is 0 Å². The van der Waals surface area contributed by atoms with E-state index in [0.717, 1.165) is 18.6 Å². The molecular formula is C21H19F3O2. The molecule has 2 nitrogen and oxygen atoms in total. The van der Waals surface area contributed by atoms with Crippen LogP contribution in [0.5, 0.6) is 0 Å². The number of Topliss-reactive ketones (excluding diaryl/α,β-unsaturated/α-hetero) is 2. The minimum Gasteiger partial charge on any atom is -0.299 e. The fourth-order valence-electron chi connectivity index (χ4n) is 3.62. The first-order valence-electron chi connectivity index (χ1n) is 8.64. The zero-order valence-corrected chi connectivity index (χ0v) is 14.1. The van der Waals surface area contributed by atoms with Gasteiger partial charge in [-0.2, -0.15) is 13.2 Å². The van der Waals surface area contributed by atoms with Crippen molar-refractivity contribution in [2.24, 2.45) is 5.92 Å². The Balaban J connectivity index is 1.88. The third-order valence-corrected chi connectivity index (χ3v) is 5.00. The van der Waals surface area contributed by atoms with E-state index in [-0.39, 0.29) is 29.8 Å². The Labute approximate surface area is 150 Å². The smallest absolute Gasteiger partial charge is 0.299 e. The molecule has 5 heteroatoms. The maximum absolute atomic E-state index is 12.8. The topological polar surface area (TPSA) is 34.1 Å². The van der Waals surface area contributed by atoms with Crippen LogP contribution in [0.1, 0.15) is 53.1 Å². The van der Waals surface area contributed by atoms with E-state index in [4.69, 9.17) is 0 Å². The Bertz CT molecular complexity index is 779. The molecule has 0 N–H and O–H groups in total. The zero-order chi connectivity index (χ0) is 18.7. The highest BCUT2D eigenvalue weighted by Crippen LogP contribution is 2.39. The van der Waals surface area contributed by atoms with Gasteiger partial charge in [0.05, 0.1) is 5.56 Å². The number of hydrogen-bond acceptors (Lipinski definition) is 2. The highest BCUT2D eigenvalue weighted by molar-refractivity contribution is 5.97. The Hall–Kier alpha value is -2.43. The van der Waals surface area contributed by atoms with E-state index in [1.165, 1.54) is 12.1 Å². The van der Waals surface area contributed by atoms with E-state index in [1.807, 2.05) is 6.07 Å². The number of ketones is 2. The molecule has 3 rings (SSSR count). The summed E-state index contributed by atoms with van der Waals surface area (Å²) in [6.45, 7) is 0. The Kier molecular flexibility index (Phi) is 5.25. The number of carbonyl (C=O) groups excluding carboxylic acids is 2. The summed E-state index contributed by atoms with van der Waals surface area (Å²) in [5.41, 5.74) is 0.435. The van der Waals surface area contributed by atoms with Crippen molar-refractivity contribution in [1.29, 1.82) is 0 Å². The fraction of sp³-hybridized carbons (Fsp3) is 0.333. The molecule has 1 aliphatic rings. The SMILES string of the molecule is O=C(C[C@H](c1ccc(C(F)(F)F)cc1)C1CCCC1=O)c1ccccc1. The number of benzene rings is 2.